The van der Waals surface area contributed by atoms with Crippen LogP contribution in [0.4, 0.5) is 13.2 Å². The van der Waals surface area contributed by atoms with Gasteiger partial charge in [0.1, 0.15) is 0 Å². The number of nitrogens with zero attached hydrogens (tertiary/aromatic N) is 1. The van der Waals surface area contributed by atoms with Crippen molar-refractivity contribution in [3.8, 4) is 5.75 Å². The van der Waals surface area contributed by atoms with Crippen LogP contribution in [0.5, 0.6) is 5.75 Å². The number of alkyl halides is 3. The minimum absolute atomic E-state index is 0.00234. The maximum Gasteiger partial charge on any atom is 0.416 e. The third-order valence-corrected chi connectivity index (χ3v) is 2.43. The van der Waals surface area contributed by atoms with Crippen molar-refractivity contribution < 1.29 is 27.5 Å². The Balaban J connectivity index is 2.29. The number of rotatable bonds is 1. The molecule has 0 radical (unpaired) electrons. The molecule has 0 aromatic heterocycles. The molecule has 1 aromatic rings. The van der Waals surface area contributed by atoms with Crippen LogP contribution in [-0.4, -0.2) is 18.8 Å². The van der Waals surface area contributed by atoms with E-state index in [1.165, 1.54) is 13.2 Å². The SMILES string of the molecule is COC(=O)C1=NOc2cc(C(F)(F)F)ccc2C1. The van der Waals surface area contributed by atoms with Gasteiger partial charge in [0.25, 0.3) is 0 Å². The van der Waals surface area contributed by atoms with E-state index in [-0.39, 0.29) is 17.9 Å². The summed E-state index contributed by atoms with van der Waals surface area (Å²) in [4.78, 5) is 16.0. The van der Waals surface area contributed by atoms with E-state index in [9.17, 15) is 18.0 Å². The van der Waals surface area contributed by atoms with Crippen molar-refractivity contribution in [2.24, 2.45) is 5.16 Å². The summed E-state index contributed by atoms with van der Waals surface area (Å²) in [6.07, 6.45) is -4.36. The molecule has 1 aromatic carbocycles. The van der Waals surface area contributed by atoms with Crippen molar-refractivity contribution in [3.63, 3.8) is 0 Å². The monoisotopic (exact) mass is 259 g/mol. The van der Waals surface area contributed by atoms with E-state index in [1.54, 1.807) is 0 Å². The number of methoxy groups -OCH3 is 1. The third-order valence-electron chi connectivity index (χ3n) is 2.43. The molecule has 0 saturated carbocycles. The molecular formula is C11H8F3NO3. The highest BCUT2D eigenvalue weighted by molar-refractivity contribution is 6.37. The molecule has 7 heteroatoms. The largest absolute Gasteiger partial charge is 0.464 e. The molecule has 0 unspecified atom stereocenters. The Hall–Kier alpha value is -2.05. The minimum atomic E-state index is -4.44. The summed E-state index contributed by atoms with van der Waals surface area (Å²) < 4.78 is 41.8. The maximum atomic E-state index is 12.5. The van der Waals surface area contributed by atoms with Crippen LogP contribution < -0.4 is 4.84 Å². The summed E-state index contributed by atoms with van der Waals surface area (Å²) in [5.41, 5.74) is -0.346. The second-order valence-electron chi connectivity index (χ2n) is 3.62. The van der Waals surface area contributed by atoms with Gasteiger partial charge in [0.05, 0.1) is 12.7 Å². The Labute approximate surface area is 100.0 Å². The van der Waals surface area contributed by atoms with Gasteiger partial charge in [-0.1, -0.05) is 11.2 Å². The normalized spacial score (nSPS) is 14.3. The number of hydrogen-bond acceptors (Lipinski definition) is 4. The fourth-order valence-electron chi connectivity index (χ4n) is 1.51. The fourth-order valence-corrected chi connectivity index (χ4v) is 1.51. The number of oxime groups is 1. The number of ether oxygens (including phenoxy) is 1. The third kappa shape index (κ3) is 2.29. The van der Waals surface area contributed by atoms with E-state index >= 15 is 0 Å². The quantitative estimate of drug-likeness (QED) is 0.726. The Bertz CT molecular complexity index is 523. The first-order chi connectivity index (χ1) is 8.41. The van der Waals surface area contributed by atoms with Crippen molar-refractivity contribution >= 4 is 11.7 Å². The lowest BCUT2D eigenvalue weighted by Gasteiger charge is -2.16. The van der Waals surface area contributed by atoms with Gasteiger partial charge < -0.3 is 9.57 Å². The highest BCUT2D eigenvalue weighted by Gasteiger charge is 2.32. The predicted molar refractivity (Wildman–Crippen MR) is 55.2 cm³/mol. The van der Waals surface area contributed by atoms with Crippen molar-refractivity contribution in [1.29, 1.82) is 0 Å². The van der Waals surface area contributed by atoms with E-state index in [1.807, 2.05) is 0 Å². The van der Waals surface area contributed by atoms with Gasteiger partial charge in [-0.15, -0.1) is 0 Å². The molecular weight excluding hydrogens is 251 g/mol. The summed E-state index contributed by atoms with van der Waals surface area (Å²) in [5, 5.41) is 3.44. The second kappa shape index (κ2) is 4.32. The summed E-state index contributed by atoms with van der Waals surface area (Å²) in [7, 11) is 1.19. The topological polar surface area (TPSA) is 47.9 Å². The van der Waals surface area contributed by atoms with Crippen LogP contribution in [0.15, 0.2) is 23.4 Å². The Kier molecular flexibility index (Phi) is 2.98. The first-order valence-electron chi connectivity index (χ1n) is 4.94. The molecule has 0 atom stereocenters. The molecule has 96 valence electrons. The lowest BCUT2D eigenvalue weighted by molar-refractivity contribution is -0.138. The standard InChI is InChI=1S/C11H8F3NO3/c1-17-10(16)8-4-6-2-3-7(11(12,13)14)5-9(6)18-15-8/h2-3,5H,4H2,1H3. The average molecular weight is 259 g/mol. The summed E-state index contributed by atoms with van der Waals surface area (Å²) in [6, 6.07) is 3.05. The van der Waals surface area contributed by atoms with Crippen LogP contribution in [0.1, 0.15) is 11.1 Å². The smallest absolute Gasteiger partial charge is 0.416 e. The molecule has 0 N–H and O–H groups in total. The number of benzene rings is 1. The van der Waals surface area contributed by atoms with E-state index in [2.05, 4.69) is 9.89 Å². The number of esters is 1. The average Bonchev–Trinajstić information content (AvgIpc) is 2.35. The van der Waals surface area contributed by atoms with Crippen molar-refractivity contribution in [2.75, 3.05) is 7.11 Å². The Morgan fingerprint density at radius 1 is 1.44 bits per heavy atom. The predicted octanol–water partition coefficient (Wildman–Crippen LogP) is 2.17. The van der Waals surface area contributed by atoms with Crippen molar-refractivity contribution in [3.05, 3.63) is 29.3 Å². The van der Waals surface area contributed by atoms with Gasteiger partial charge in [0.15, 0.2) is 11.5 Å². The molecule has 1 heterocycles. The van der Waals surface area contributed by atoms with Crippen LogP contribution in [0.25, 0.3) is 0 Å². The number of halogens is 3. The lowest BCUT2D eigenvalue weighted by Crippen LogP contribution is -2.22. The van der Waals surface area contributed by atoms with E-state index < -0.39 is 17.7 Å². The molecule has 2 rings (SSSR count). The minimum Gasteiger partial charge on any atom is -0.464 e. The highest BCUT2D eigenvalue weighted by atomic mass is 19.4. The van der Waals surface area contributed by atoms with Crippen LogP contribution >= 0.6 is 0 Å². The van der Waals surface area contributed by atoms with Gasteiger partial charge in [-0.05, 0) is 12.1 Å². The van der Waals surface area contributed by atoms with E-state index in [0.717, 1.165) is 12.1 Å². The van der Waals surface area contributed by atoms with Gasteiger partial charge in [-0.2, -0.15) is 13.2 Å². The number of hydrogen-bond donors (Lipinski definition) is 0. The second-order valence-corrected chi connectivity index (χ2v) is 3.62. The number of carbonyl (C=O) groups is 1. The highest BCUT2D eigenvalue weighted by Crippen LogP contribution is 2.34. The van der Waals surface area contributed by atoms with Crippen molar-refractivity contribution in [2.45, 2.75) is 12.6 Å². The molecule has 1 aliphatic heterocycles. The molecule has 0 bridgehead atoms. The van der Waals surface area contributed by atoms with Gasteiger partial charge in [-0.3, -0.25) is 0 Å². The van der Waals surface area contributed by atoms with Crippen LogP contribution in [0.2, 0.25) is 0 Å². The Morgan fingerprint density at radius 2 is 2.17 bits per heavy atom. The first-order valence-corrected chi connectivity index (χ1v) is 4.94. The summed E-state index contributed by atoms with van der Waals surface area (Å²) in [5.74, 6) is -0.668. The molecule has 1 aliphatic rings. The number of fused-ring (bicyclic) bond motifs is 1. The molecule has 0 spiro atoms. The molecule has 0 aliphatic carbocycles. The lowest BCUT2D eigenvalue weighted by atomic mass is 10.0. The Morgan fingerprint density at radius 3 is 2.78 bits per heavy atom. The zero-order chi connectivity index (χ0) is 13.3. The van der Waals surface area contributed by atoms with E-state index in [0.29, 0.717) is 5.56 Å². The number of carbonyl (C=O) groups excluding carboxylic acids is 1. The van der Waals surface area contributed by atoms with E-state index in [4.69, 9.17) is 4.84 Å². The first kappa shape index (κ1) is 12.4. The fraction of sp³-hybridized carbons (Fsp3) is 0.273. The summed E-state index contributed by atoms with van der Waals surface area (Å²) in [6.45, 7) is 0. The van der Waals surface area contributed by atoms with Gasteiger partial charge >= 0.3 is 12.1 Å². The molecule has 0 saturated heterocycles. The van der Waals surface area contributed by atoms with Gasteiger partial charge in [0, 0.05) is 12.0 Å². The van der Waals surface area contributed by atoms with Crippen molar-refractivity contribution in [1.82, 2.24) is 0 Å². The van der Waals surface area contributed by atoms with Crippen LogP contribution in [-0.2, 0) is 22.1 Å². The van der Waals surface area contributed by atoms with Gasteiger partial charge in [-0.25, -0.2) is 4.79 Å². The zero-order valence-electron chi connectivity index (χ0n) is 9.25. The van der Waals surface area contributed by atoms with Crippen LogP contribution in [0.3, 0.4) is 0 Å². The zero-order valence-corrected chi connectivity index (χ0v) is 9.25. The van der Waals surface area contributed by atoms with Gasteiger partial charge in [0.2, 0.25) is 0 Å². The molecule has 0 amide bonds. The molecule has 4 nitrogen and oxygen atoms in total. The maximum absolute atomic E-state index is 12.5. The summed E-state index contributed by atoms with van der Waals surface area (Å²) >= 11 is 0. The molecule has 18 heavy (non-hydrogen) atoms. The van der Waals surface area contributed by atoms with Crippen LogP contribution in [0, 0.1) is 0 Å². The molecule has 0 fully saturated rings.